The molecule has 28 heavy (non-hydrogen) atoms. The van der Waals surface area contributed by atoms with Gasteiger partial charge in [-0.15, -0.1) is 0 Å². The Morgan fingerprint density at radius 2 is 1.54 bits per heavy atom. The Bertz CT molecular complexity index is 854. The Hall–Kier alpha value is -2.86. The van der Waals surface area contributed by atoms with Crippen molar-refractivity contribution in [1.29, 1.82) is 0 Å². The highest BCUT2D eigenvalue weighted by molar-refractivity contribution is 5.99. The molecule has 2 aromatic carbocycles. The summed E-state index contributed by atoms with van der Waals surface area (Å²) < 4.78 is 13.0. The zero-order valence-corrected chi connectivity index (χ0v) is 15.8. The Morgan fingerprint density at radius 3 is 2.11 bits per heavy atom. The molecule has 1 aliphatic heterocycles. The Morgan fingerprint density at radius 1 is 0.964 bits per heavy atom. The van der Waals surface area contributed by atoms with Crippen LogP contribution in [0.5, 0.6) is 0 Å². The standard InChI is InChI=1S/C22H23FN2O3/c1-15(26)24-20-8-4-17(5-9-20)22(28)18-10-12-25(13-11-18)14-21(27)16-2-6-19(23)7-3-16/h2-9,18H,10-14H2,1H3,(H,24,26). The van der Waals surface area contributed by atoms with E-state index in [9.17, 15) is 18.8 Å². The first kappa shape index (κ1) is 19.9. The van der Waals surface area contributed by atoms with Gasteiger partial charge in [-0.05, 0) is 74.5 Å². The highest BCUT2D eigenvalue weighted by Crippen LogP contribution is 2.23. The summed E-state index contributed by atoms with van der Waals surface area (Å²) in [7, 11) is 0. The number of benzene rings is 2. The summed E-state index contributed by atoms with van der Waals surface area (Å²) in [6.07, 6.45) is 1.39. The predicted octanol–water partition coefficient (Wildman–Crippen LogP) is 3.56. The van der Waals surface area contributed by atoms with E-state index in [1.165, 1.54) is 31.2 Å². The van der Waals surface area contributed by atoms with Crippen LogP contribution in [0.3, 0.4) is 0 Å². The van der Waals surface area contributed by atoms with E-state index < -0.39 is 0 Å². The number of anilines is 1. The number of carbonyl (C=O) groups is 3. The smallest absolute Gasteiger partial charge is 0.221 e. The second-order valence-electron chi connectivity index (χ2n) is 7.10. The zero-order valence-electron chi connectivity index (χ0n) is 15.8. The van der Waals surface area contributed by atoms with Gasteiger partial charge in [-0.1, -0.05) is 0 Å². The molecule has 0 radical (unpaired) electrons. The minimum absolute atomic E-state index is 0.0432. The predicted molar refractivity (Wildman–Crippen MR) is 105 cm³/mol. The van der Waals surface area contributed by atoms with Crippen LogP contribution in [-0.2, 0) is 4.79 Å². The normalized spacial score (nSPS) is 15.2. The van der Waals surface area contributed by atoms with E-state index in [1.807, 2.05) is 4.90 Å². The van der Waals surface area contributed by atoms with Crippen molar-refractivity contribution in [2.24, 2.45) is 5.92 Å². The third-order valence-corrected chi connectivity index (χ3v) is 4.98. The van der Waals surface area contributed by atoms with Crippen LogP contribution < -0.4 is 5.32 Å². The summed E-state index contributed by atoms with van der Waals surface area (Å²) in [4.78, 5) is 38.1. The van der Waals surface area contributed by atoms with Crippen LogP contribution in [0.25, 0.3) is 0 Å². The van der Waals surface area contributed by atoms with E-state index in [0.29, 0.717) is 42.7 Å². The molecule has 1 fully saturated rings. The summed E-state index contributed by atoms with van der Waals surface area (Å²) in [5, 5.41) is 2.68. The lowest BCUT2D eigenvalue weighted by atomic mass is 9.88. The van der Waals surface area contributed by atoms with Crippen molar-refractivity contribution in [2.45, 2.75) is 19.8 Å². The maximum absolute atomic E-state index is 13.0. The van der Waals surface area contributed by atoms with Crippen LogP contribution in [-0.4, -0.2) is 42.0 Å². The molecule has 1 amide bonds. The molecule has 0 atom stereocenters. The zero-order chi connectivity index (χ0) is 20.1. The van der Waals surface area contributed by atoms with Crippen molar-refractivity contribution in [3.8, 4) is 0 Å². The largest absolute Gasteiger partial charge is 0.326 e. The lowest BCUT2D eigenvalue weighted by Crippen LogP contribution is -2.39. The van der Waals surface area contributed by atoms with Gasteiger partial charge < -0.3 is 5.32 Å². The number of rotatable bonds is 6. The van der Waals surface area contributed by atoms with Gasteiger partial charge in [-0.2, -0.15) is 0 Å². The first-order valence-corrected chi connectivity index (χ1v) is 9.35. The SMILES string of the molecule is CC(=O)Nc1ccc(C(=O)C2CCN(CC(=O)c3ccc(F)cc3)CC2)cc1. The highest BCUT2D eigenvalue weighted by atomic mass is 19.1. The van der Waals surface area contributed by atoms with Crippen molar-refractivity contribution < 1.29 is 18.8 Å². The molecule has 1 saturated heterocycles. The molecule has 5 nitrogen and oxygen atoms in total. The van der Waals surface area contributed by atoms with Crippen molar-refractivity contribution in [3.63, 3.8) is 0 Å². The van der Waals surface area contributed by atoms with Crippen molar-refractivity contribution in [1.82, 2.24) is 4.90 Å². The number of nitrogens with zero attached hydrogens (tertiary/aromatic N) is 1. The number of piperidine rings is 1. The summed E-state index contributed by atoms with van der Waals surface area (Å²) in [6, 6.07) is 12.5. The molecule has 2 aromatic rings. The van der Waals surface area contributed by atoms with Crippen LogP contribution >= 0.6 is 0 Å². The molecule has 6 heteroatoms. The monoisotopic (exact) mass is 382 g/mol. The minimum Gasteiger partial charge on any atom is -0.326 e. The van der Waals surface area contributed by atoms with Gasteiger partial charge in [0.1, 0.15) is 5.82 Å². The van der Waals surface area contributed by atoms with Gasteiger partial charge in [0.15, 0.2) is 11.6 Å². The molecular formula is C22H23FN2O3. The number of ketones is 2. The van der Waals surface area contributed by atoms with Crippen molar-refractivity contribution in [2.75, 3.05) is 25.0 Å². The van der Waals surface area contributed by atoms with Gasteiger partial charge in [0, 0.05) is 29.7 Å². The Kier molecular flexibility index (Phi) is 6.31. The molecule has 0 aromatic heterocycles. The maximum atomic E-state index is 13.0. The van der Waals surface area contributed by atoms with E-state index in [2.05, 4.69) is 5.32 Å². The second-order valence-corrected chi connectivity index (χ2v) is 7.10. The molecule has 146 valence electrons. The molecule has 3 rings (SSSR count). The van der Waals surface area contributed by atoms with Crippen LogP contribution in [0.2, 0.25) is 0 Å². The first-order chi connectivity index (χ1) is 13.4. The van der Waals surface area contributed by atoms with Crippen LogP contribution in [0.4, 0.5) is 10.1 Å². The molecule has 0 spiro atoms. The minimum atomic E-state index is -0.360. The summed E-state index contributed by atoms with van der Waals surface area (Å²) in [5.41, 5.74) is 1.80. The fourth-order valence-corrected chi connectivity index (χ4v) is 3.44. The number of halogens is 1. The number of amides is 1. The van der Waals surface area contributed by atoms with Gasteiger partial charge in [-0.25, -0.2) is 4.39 Å². The third kappa shape index (κ3) is 5.10. The molecule has 0 aliphatic carbocycles. The fourth-order valence-electron chi connectivity index (χ4n) is 3.44. The number of likely N-dealkylation sites (tertiary alicyclic amines) is 1. The third-order valence-electron chi connectivity index (χ3n) is 4.98. The molecular weight excluding hydrogens is 359 g/mol. The first-order valence-electron chi connectivity index (χ1n) is 9.35. The fraction of sp³-hybridized carbons (Fsp3) is 0.318. The molecule has 1 N–H and O–H groups in total. The number of Topliss-reactive ketones (excluding diaryl/α,β-unsaturated/α-hetero) is 2. The lowest BCUT2D eigenvalue weighted by molar-refractivity contribution is -0.114. The van der Waals surface area contributed by atoms with Crippen LogP contribution in [0, 0.1) is 11.7 Å². The number of carbonyl (C=O) groups excluding carboxylic acids is 3. The van der Waals surface area contributed by atoms with Gasteiger partial charge in [0.25, 0.3) is 0 Å². The number of nitrogens with one attached hydrogen (secondary N) is 1. The lowest BCUT2D eigenvalue weighted by Gasteiger charge is -2.30. The van der Waals surface area contributed by atoms with E-state index >= 15 is 0 Å². The van der Waals surface area contributed by atoms with E-state index in [-0.39, 0.29) is 35.8 Å². The number of hydrogen-bond donors (Lipinski definition) is 1. The highest BCUT2D eigenvalue weighted by Gasteiger charge is 2.26. The molecule has 1 heterocycles. The average Bonchev–Trinajstić information content (AvgIpc) is 2.68. The van der Waals surface area contributed by atoms with Gasteiger partial charge >= 0.3 is 0 Å². The average molecular weight is 382 g/mol. The summed E-state index contributed by atoms with van der Waals surface area (Å²) >= 11 is 0. The molecule has 1 aliphatic rings. The van der Waals surface area contributed by atoms with Crippen molar-refractivity contribution in [3.05, 3.63) is 65.5 Å². The van der Waals surface area contributed by atoms with Crippen molar-refractivity contribution >= 4 is 23.2 Å². The van der Waals surface area contributed by atoms with Gasteiger partial charge in [0.2, 0.25) is 5.91 Å². The Labute approximate surface area is 163 Å². The quantitative estimate of drug-likeness (QED) is 0.776. The topological polar surface area (TPSA) is 66.5 Å². The number of hydrogen-bond acceptors (Lipinski definition) is 4. The van der Waals surface area contributed by atoms with E-state index in [0.717, 1.165) is 0 Å². The summed E-state index contributed by atoms with van der Waals surface area (Å²) in [6.45, 7) is 3.06. The molecule has 0 saturated carbocycles. The molecule has 0 bridgehead atoms. The summed E-state index contributed by atoms with van der Waals surface area (Å²) in [5.74, 6) is -0.524. The van der Waals surface area contributed by atoms with Crippen LogP contribution in [0.1, 0.15) is 40.5 Å². The second kappa shape index (κ2) is 8.89. The van der Waals surface area contributed by atoms with Gasteiger partial charge in [0.05, 0.1) is 6.54 Å². The maximum Gasteiger partial charge on any atom is 0.221 e. The van der Waals surface area contributed by atoms with E-state index in [4.69, 9.17) is 0 Å². The Balaban J connectivity index is 1.51. The van der Waals surface area contributed by atoms with E-state index in [1.54, 1.807) is 24.3 Å². The van der Waals surface area contributed by atoms with Gasteiger partial charge in [-0.3, -0.25) is 19.3 Å². The van der Waals surface area contributed by atoms with Crippen LogP contribution in [0.15, 0.2) is 48.5 Å². The molecule has 0 unspecified atom stereocenters.